The summed E-state index contributed by atoms with van der Waals surface area (Å²) in [5.41, 5.74) is -4.03. The van der Waals surface area contributed by atoms with Crippen LogP contribution in [0.25, 0.3) is 0 Å². The molecular weight excluding hydrogens is 483 g/mol. The van der Waals surface area contributed by atoms with Gasteiger partial charge in [0, 0.05) is 24.7 Å². The summed E-state index contributed by atoms with van der Waals surface area (Å²) in [6, 6.07) is -0.0685. The molecule has 13 heteroatoms. The molecule has 0 unspecified atom stereocenters. The van der Waals surface area contributed by atoms with Gasteiger partial charge in [-0.05, 0) is 56.2 Å². The highest BCUT2D eigenvalue weighted by Gasteiger charge is 2.45. The smallest absolute Gasteiger partial charge is 0.352 e. The number of hydrogen-bond acceptors (Lipinski definition) is 2. The first-order chi connectivity index (χ1) is 15.5. The van der Waals surface area contributed by atoms with Gasteiger partial charge in [-0.1, -0.05) is 6.92 Å². The molecule has 0 aromatic heterocycles. The van der Waals surface area contributed by atoms with Crippen molar-refractivity contribution in [3.8, 4) is 0 Å². The first-order valence-electron chi connectivity index (χ1n) is 10.5. The highest BCUT2D eigenvalue weighted by atomic mass is 19.4. The molecule has 1 aliphatic rings. The molecular formula is C21H23F9N2O2. The molecule has 0 aliphatic heterocycles. The molecule has 192 valence electrons. The standard InChI is InChI=1S/C21H23F9N2O2/c1-2-7-32(18(34)21(28,29)30)16-5-3-12(4-6-16)11-31-17(33)13-8-14(19(22,23)24)10-15(9-13)20(25,26)27/h8-10,12,16H,2-7,11H2,1H3,(H,31,33)/t12-,16-. The summed E-state index contributed by atoms with van der Waals surface area (Å²) >= 11 is 0. The highest BCUT2D eigenvalue weighted by molar-refractivity contribution is 5.94. The molecule has 2 rings (SSSR count). The second-order valence-electron chi connectivity index (χ2n) is 8.18. The van der Waals surface area contributed by atoms with Crippen molar-refractivity contribution in [3.63, 3.8) is 0 Å². The van der Waals surface area contributed by atoms with Crippen LogP contribution in [0.15, 0.2) is 18.2 Å². The Balaban J connectivity index is 2.02. The monoisotopic (exact) mass is 506 g/mol. The summed E-state index contributed by atoms with van der Waals surface area (Å²) in [7, 11) is 0. The third-order valence-electron chi connectivity index (χ3n) is 5.63. The van der Waals surface area contributed by atoms with E-state index in [1.165, 1.54) is 0 Å². The van der Waals surface area contributed by atoms with Gasteiger partial charge in [0.2, 0.25) is 0 Å². The van der Waals surface area contributed by atoms with E-state index in [1.54, 1.807) is 6.92 Å². The molecule has 2 amide bonds. The number of nitrogens with one attached hydrogen (secondary N) is 1. The number of nitrogens with zero attached hydrogens (tertiary/aromatic N) is 1. The van der Waals surface area contributed by atoms with E-state index in [2.05, 4.69) is 5.32 Å². The Kier molecular flexibility index (Phi) is 8.52. The number of halogens is 9. The van der Waals surface area contributed by atoms with Gasteiger partial charge < -0.3 is 10.2 Å². The van der Waals surface area contributed by atoms with Crippen LogP contribution in [0.4, 0.5) is 39.5 Å². The van der Waals surface area contributed by atoms with E-state index in [0.29, 0.717) is 31.4 Å². The van der Waals surface area contributed by atoms with Crippen LogP contribution in [0.2, 0.25) is 0 Å². The Morgan fingerprint density at radius 3 is 1.79 bits per heavy atom. The normalized spacial score (nSPS) is 19.6. The third-order valence-corrected chi connectivity index (χ3v) is 5.63. The second-order valence-corrected chi connectivity index (χ2v) is 8.18. The number of carbonyl (C=O) groups is 2. The van der Waals surface area contributed by atoms with Crippen molar-refractivity contribution in [2.45, 2.75) is 63.6 Å². The van der Waals surface area contributed by atoms with E-state index >= 15 is 0 Å². The van der Waals surface area contributed by atoms with Gasteiger partial charge in [-0.3, -0.25) is 9.59 Å². The van der Waals surface area contributed by atoms with E-state index in [9.17, 15) is 49.1 Å². The van der Waals surface area contributed by atoms with Crippen LogP contribution in [0.3, 0.4) is 0 Å². The fourth-order valence-corrected chi connectivity index (χ4v) is 3.94. The summed E-state index contributed by atoms with van der Waals surface area (Å²) in [6.45, 7) is 1.49. The van der Waals surface area contributed by atoms with Gasteiger partial charge in [0.25, 0.3) is 5.91 Å². The second kappa shape index (κ2) is 10.4. The number of benzene rings is 1. The molecule has 1 aromatic rings. The van der Waals surface area contributed by atoms with Crippen LogP contribution in [-0.4, -0.2) is 42.0 Å². The number of rotatable bonds is 6. The Hall–Kier alpha value is -2.47. The van der Waals surface area contributed by atoms with Crippen LogP contribution in [-0.2, 0) is 17.1 Å². The molecule has 0 heterocycles. The minimum Gasteiger partial charge on any atom is -0.352 e. The van der Waals surface area contributed by atoms with Crippen molar-refractivity contribution >= 4 is 11.8 Å². The molecule has 1 N–H and O–H groups in total. The van der Waals surface area contributed by atoms with Crippen molar-refractivity contribution in [3.05, 3.63) is 34.9 Å². The fraction of sp³-hybridized carbons (Fsp3) is 0.619. The number of amides is 2. The SMILES string of the molecule is CCCN(C(=O)C(F)(F)F)[C@H]1CC[C@H](CNC(=O)c2cc(C(F)(F)F)cc(C(F)(F)F)c2)CC1. The molecule has 1 aromatic carbocycles. The Morgan fingerprint density at radius 2 is 1.38 bits per heavy atom. The van der Waals surface area contributed by atoms with Crippen LogP contribution in [0.5, 0.6) is 0 Å². The predicted molar refractivity (Wildman–Crippen MR) is 103 cm³/mol. The quantitative estimate of drug-likeness (QED) is 0.495. The summed E-state index contributed by atoms with van der Waals surface area (Å²) in [5, 5.41) is 2.31. The zero-order chi connectivity index (χ0) is 25.9. The van der Waals surface area contributed by atoms with Gasteiger partial charge in [-0.25, -0.2) is 0 Å². The zero-order valence-corrected chi connectivity index (χ0v) is 18.0. The fourth-order valence-electron chi connectivity index (χ4n) is 3.94. The molecule has 4 nitrogen and oxygen atoms in total. The van der Waals surface area contributed by atoms with E-state index in [-0.39, 0.29) is 37.9 Å². The topological polar surface area (TPSA) is 49.4 Å². The first kappa shape index (κ1) is 27.8. The highest BCUT2D eigenvalue weighted by Crippen LogP contribution is 2.36. The largest absolute Gasteiger partial charge is 0.471 e. The van der Waals surface area contributed by atoms with Crippen LogP contribution < -0.4 is 5.32 Å². The average Bonchev–Trinajstić information content (AvgIpc) is 2.73. The lowest BCUT2D eigenvalue weighted by molar-refractivity contribution is -0.188. The van der Waals surface area contributed by atoms with E-state index in [0.717, 1.165) is 4.90 Å². The Bertz CT molecular complexity index is 838. The minimum absolute atomic E-state index is 0.0680. The Labute approximate surface area is 189 Å². The van der Waals surface area contributed by atoms with Crippen molar-refractivity contribution in [1.29, 1.82) is 0 Å². The van der Waals surface area contributed by atoms with Crippen molar-refractivity contribution in [2.75, 3.05) is 13.1 Å². The lowest BCUT2D eigenvalue weighted by Gasteiger charge is -2.37. The summed E-state index contributed by atoms with van der Waals surface area (Å²) < 4.78 is 116. The number of carbonyl (C=O) groups excluding carboxylic acids is 2. The van der Waals surface area contributed by atoms with Gasteiger partial charge in [-0.2, -0.15) is 39.5 Å². The summed E-state index contributed by atoms with van der Waals surface area (Å²) in [5.74, 6) is -3.30. The molecule has 0 bridgehead atoms. The van der Waals surface area contributed by atoms with E-state index < -0.39 is 53.1 Å². The van der Waals surface area contributed by atoms with Gasteiger partial charge in [0.1, 0.15) is 0 Å². The van der Waals surface area contributed by atoms with Gasteiger partial charge in [0.15, 0.2) is 0 Å². The van der Waals surface area contributed by atoms with Gasteiger partial charge >= 0.3 is 24.4 Å². The summed E-state index contributed by atoms with van der Waals surface area (Å²) in [6.07, 6.45) is -13.7. The maximum Gasteiger partial charge on any atom is 0.471 e. The molecule has 0 atom stereocenters. The molecule has 1 saturated carbocycles. The number of alkyl halides is 9. The molecule has 1 aliphatic carbocycles. The molecule has 1 fully saturated rings. The van der Waals surface area contributed by atoms with Crippen molar-refractivity contribution < 1.29 is 49.1 Å². The predicted octanol–water partition coefficient (Wildman–Crippen LogP) is 5.81. The van der Waals surface area contributed by atoms with Crippen LogP contribution in [0.1, 0.15) is 60.5 Å². The Morgan fingerprint density at radius 1 is 0.882 bits per heavy atom. The zero-order valence-electron chi connectivity index (χ0n) is 18.0. The van der Waals surface area contributed by atoms with Crippen molar-refractivity contribution in [2.24, 2.45) is 5.92 Å². The molecule has 0 spiro atoms. The molecule has 34 heavy (non-hydrogen) atoms. The number of hydrogen-bond donors (Lipinski definition) is 1. The maximum absolute atomic E-state index is 13.0. The first-order valence-corrected chi connectivity index (χ1v) is 10.5. The van der Waals surface area contributed by atoms with E-state index in [1.807, 2.05) is 0 Å². The minimum atomic E-state index is -5.09. The van der Waals surface area contributed by atoms with Crippen LogP contribution >= 0.6 is 0 Å². The van der Waals surface area contributed by atoms with Crippen LogP contribution in [0, 0.1) is 5.92 Å². The lowest BCUT2D eigenvalue weighted by Crippen LogP contribution is -2.49. The van der Waals surface area contributed by atoms with Crippen molar-refractivity contribution in [1.82, 2.24) is 10.2 Å². The summed E-state index contributed by atoms with van der Waals surface area (Å²) in [4.78, 5) is 24.8. The maximum atomic E-state index is 13.0. The third kappa shape index (κ3) is 7.26. The van der Waals surface area contributed by atoms with E-state index in [4.69, 9.17) is 0 Å². The molecule has 0 saturated heterocycles. The lowest BCUT2D eigenvalue weighted by atomic mass is 9.85. The van der Waals surface area contributed by atoms with Gasteiger partial charge in [-0.15, -0.1) is 0 Å². The van der Waals surface area contributed by atoms with Gasteiger partial charge in [0.05, 0.1) is 11.1 Å². The molecule has 0 radical (unpaired) electrons. The average molecular weight is 506 g/mol.